The molecule has 0 spiro atoms. The number of fused-ring (bicyclic) bond motifs is 2. The third kappa shape index (κ3) is 4.82. The lowest BCUT2D eigenvalue weighted by molar-refractivity contribution is 0.118. The molecule has 0 unspecified atom stereocenters. The third-order valence-electron chi connectivity index (χ3n) is 7.14. The number of ether oxygens (including phenoxy) is 1. The second-order valence-electron chi connectivity index (χ2n) is 9.55. The zero-order valence-electron chi connectivity index (χ0n) is 20.5. The molecule has 0 bridgehead atoms. The lowest BCUT2D eigenvalue weighted by atomic mass is 9.69. The predicted molar refractivity (Wildman–Crippen MR) is 145 cm³/mol. The van der Waals surface area contributed by atoms with Crippen molar-refractivity contribution in [2.45, 2.75) is 17.7 Å². The first-order valence-corrected chi connectivity index (χ1v) is 14.3. The van der Waals surface area contributed by atoms with Crippen LogP contribution >= 0.6 is 23.2 Å². The van der Waals surface area contributed by atoms with Crippen LogP contribution in [0.3, 0.4) is 0 Å². The van der Waals surface area contributed by atoms with E-state index in [-0.39, 0.29) is 46.5 Å². The van der Waals surface area contributed by atoms with Crippen LogP contribution in [0, 0.1) is 11.2 Å². The van der Waals surface area contributed by atoms with Gasteiger partial charge in [0.2, 0.25) is 10.0 Å². The highest BCUT2D eigenvalue weighted by Crippen LogP contribution is 2.45. The minimum absolute atomic E-state index is 0.0763. The van der Waals surface area contributed by atoms with Crippen LogP contribution in [0.15, 0.2) is 77.6 Å². The molecule has 39 heavy (non-hydrogen) atoms. The largest absolute Gasteiger partial charge is 0.462 e. The Morgan fingerprint density at radius 3 is 2.56 bits per heavy atom. The SMILES string of the molecule is O=S(=O)(c1ccc(Cl)c(Cl)c1)N1CCC2=Cc3c(cnn3-c3ccc(F)cc3)C[C@]2(COc2ncccn2)C1. The van der Waals surface area contributed by atoms with Gasteiger partial charge in [-0.15, -0.1) is 0 Å². The summed E-state index contributed by atoms with van der Waals surface area (Å²) in [7, 11) is -3.87. The van der Waals surface area contributed by atoms with Crippen LogP contribution < -0.4 is 4.74 Å². The number of halogens is 3. The average Bonchev–Trinajstić information content (AvgIpc) is 3.35. The van der Waals surface area contributed by atoms with Gasteiger partial charge in [0.05, 0.1) is 32.5 Å². The number of benzene rings is 2. The van der Waals surface area contributed by atoms with Crippen LogP contribution in [0.4, 0.5) is 4.39 Å². The van der Waals surface area contributed by atoms with Crippen LogP contribution in [0.2, 0.25) is 10.0 Å². The molecule has 1 aliphatic carbocycles. The topological polar surface area (TPSA) is 90.2 Å². The summed E-state index contributed by atoms with van der Waals surface area (Å²) < 4.78 is 50.2. The summed E-state index contributed by atoms with van der Waals surface area (Å²) >= 11 is 12.2. The lowest BCUT2D eigenvalue weighted by Crippen LogP contribution is -2.52. The molecule has 2 aromatic heterocycles. The van der Waals surface area contributed by atoms with Crippen LogP contribution in [-0.4, -0.2) is 52.2 Å². The molecule has 1 aliphatic heterocycles. The van der Waals surface area contributed by atoms with Crippen molar-refractivity contribution in [2.75, 3.05) is 19.7 Å². The maximum Gasteiger partial charge on any atom is 0.316 e. The maximum atomic E-state index is 13.7. The van der Waals surface area contributed by atoms with Crippen molar-refractivity contribution in [1.82, 2.24) is 24.1 Å². The van der Waals surface area contributed by atoms with Gasteiger partial charge in [0.25, 0.3) is 0 Å². The zero-order valence-corrected chi connectivity index (χ0v) is 22.8. The minimum Gasteiger partial charge on any atom is -0.462 e. The summed E-state index contributed by atoms with van der Waals surface area (Å²) in [4.78, 5) is 8.41. The molecule has 3 heterocycles. The smallest absolute Gasteiger partial charge is 0.316 e. The van der Waals surface area contributed by atoms with Gasteiger partial charge in [-0.3, -0.25) is 0 Å². The quantitative estimate of drug-likeness (QED) is 0.308. The lowest BCUT2D eigenvalue weighted by Gasteiger charge is -2.45. The maximum absolute atomic E-state index is 13.7. The van der Waals surface area contributed by atoms with E-state index in [0.29, 0.717) is 12.8 Å². The Morgan fingerprint density at radius 2 is 1.82 bits per heavy atom. The summed E-state index contributed by atoms with van der Waals surface area (Å²) in [6, 6.07) is 12.3. The van der Waals surface area contributed by atoms with Gasteiger partial charge in [0, 0.05) is 30.9 Å². The number of aromatic nitrogens is 4. The summed E-state index contributed by atoms with van der Waals surface area (Å²) in [5, 5.41) is 5.02. The Hall–Kier alpha value is -3.31. The first kappa shape index (κ1) is 25.9. The summed E-state index contributed by atoms with van der Waals surface area (Å²) in [5.41, 5.74) is 2.88. The summed E-state index contributed by atoms with van der Waals surface area (Å²) in [5.74, 6) is -0.326. The highest BCUT2D eigenvalue weighted by molar-refractivity contribution is 7.89. The fourth-order valence-corrected chi connectivity index (χ4v) is 7.08. The van der Waals surface area contributed by atoms with Crippen molar-refractivity contribution in [2.24, 2.45) is 5.41 Å². The molecule has 0 radical (unpaired) electrons. The van der Waals surface area contributed by atoms with Crippen LogP contribution in [0.5, 0.6) is 6.01 Å². The van der Waals surface area contributed by atoms with Crippen molar-refractivity contribution >= 4 is 39.3 Å². The number of piperidine rings is 1. The number of hydrogen-bond acceptors (Lipinski definition) is 6. The summed E-state index contributed by atoms with van der Waals surface area (Å²) in [6.07, 6.45) is 7.95. The van der Waals surface area contributed by atoms with Gasteiger partial charge < -0.3 is 4.74 Å². The Kier molecular flexibility index (Phi) is 6.66. The number of nitrogens with zero attached hydrogens (tertiary/aromatic N) is 5. The van der Waals surface area contributed by atoms with Gasteiger partial charge in [-0.2, -0.15) is 9.40 Å². The van der Waals surface area contributed by atoms with E-state index in [4.69, 9.17) is 27.9 Å². The molecule has 2 aliphatic rings. The van der Waals surface area contributed by atoms with Crippen LogP contribution in [-0.2, 0) is 16.4 Å². The highest BCUT2D eigenvalue weighted by Gasteiger charge is 2.47. The molecule has 2 aromatic carbocycles. The minimum atomic E-state index is -3.87. The molecule has 1 atom stereocenters. The van der Waals surface area contributed by atoms with Crippen molar-refractivity contribution in [3.63, 3.8) is 0 Å². The number of hydrogen-bond donors (Lipinski definition) is 0. The molecule has 12 heteroatoms. The fraction of sp³-hybridized carbons (Fsp3) is 0.222. The van der Waals surface area contributed by atoms with E-state index in [1.165, 1.54) is 34.6 Å². The van der Waals surface area contributed by atoms with Crippen molar-refractivity contribution < 1.29 is 17.5 Å². The van der Waals surface area contributed by atoms with E-state index in [0.717, 1.165) is 22.5 Å². The van der Waals surface area contributed by atoms with E-state index in [1.807, 2.05) is 6.08 Å². The van der Waals surface area contributed by atoms with Gasteiger partial charge in [-0.1, -0.05) is 28.8 Å². The molecule has 0 saturated carbocycles. The zero-order chi connectivity index (χ0) is 27.2. The summed E-state index contributed by atoms with van der Waals surface area (Å²) in [6.45, 7) is 0.616. The first-order chi connectivity index (χ1) is 18.7. The van der Waals surface area contributed by atoms with Gasteiger partial charge in [0.15, 0.2) is 0 Å². The van der Waals surface area contributed by atoms with Gasteiger partial charge in [-0.05, 0) is 73.0 Å². The number of rotatable bonds is 6. The number of sulfonamides is 1. The molecule has 4 aromatic rings. The van der Waals surface area contributed by atoms with Gasteiger partial charge in [0.1, 0.15) is 12.4 Å². The van der Waals surface area contributed by atoms with Crippen molar-refractivity contribution in [3.8, 4) is 11.7 Å². The second-order valence-corrected chi connectivity index (χ2v) is 12.3. The van der Waals surface area contributed by atoms with Crippen molar-refractivity contribution in [1.29, 1.82) is 0 Å². The van der Waals surface area contributed by atoms with Crippen LogP contribution in [0.1, 0.15) is 17.7 Å². The molecule has 1 fully saturated rings. The average molecular weight is 586 g/mol. The van der Waals surface area contributed by atoms with E-state index in [9.17, 15) is 12.8 Å². The van der Waals surface area contributed by atoms with E-state index in [1.54, 1.807) is 41.5 Å². The van der Waals surface area contributed by atoms with Crippen LogP contribution in [0.25, 0.3) is 11.8 Å². The van der Waals surface area contributed by atoms with Gasteiger partial charge in [-0.25, -0.2) is 27.5 Å². The molecule has 0 amide bonds. The Morgan fingerprint density at radius 1 is 1.05 bits per heavy atom. The molecular weight excluding hydrogens is 564 g/mol. The predicted octanol–water partition coefficient (Wildman–Crippen LogP) is 5.21. The Bertz CT molecular complexity index is 1680. The Labute approximate surface area is 234 Å². The Balaban J connectivity index is 1.38. The molecule has 1 saturated heterocycles. The fourth-order valence-electron chi connectivity index (χ4n) is 5.17. The molecule has 200 valence electrons. The second kappa shape index (κ2) is 10.0. The monoisotopic (exact) mass is 585 g/mol. The first-order valence-electron chi connectivity index (χ1n) is 12.1. The normalized spacial score (nSPS) is 19.2. The van der Waals surface area contributed by atoms with E-state index in [2.05, 4.69) is 15.1 Å². The molecular formula is C27H22Cl2FN5O3S. The molecule has 0 N–H and O–H groups in total. The van der Waals surface area contributed by atoms with E-state index >= 15 is 0 Å². The highest BCUT2D eigenvalue weighted by atomic mass is 35.5. The van der Waals surface area contributed by atoms with Crippen molar-refractivity contribution in [3.05, 3.63) is 99.8 Å². The standard InChI is InChI=1S/C27H22Cl2FN5O3S/c28-23-7-6-22(13-24(23)29)39(36,37)34-11-8-19-12-25-18(15-33-35(25)21-4-2-20(30)3-5-21)14-27(19,16-34)17-38-26-31-9-1-10-32-26/h1-7,9-10,12-13,15H,8,11,14,16-17H2/t27-/m1/s1. The molecule has 8 nitrogen and oxygen atoms in total. The molecule has 6 rings (SSSR count). The third-order valence-corrected chi connectivity index (χ3v) is 9.72. The van der Waals surface area contributed by atoms with E-state index < -0.39 is 15.4 Å². The van der Waals surface area contributed by atoms with Gasteiger partial charge >= 0.3 is 6.01 Å².